The predicted molar refractivity (Wildman–Crippen MR) is 71.5 cm³/mol. The molecule has 1 aromatic rings. The molecule has 2 heteroatoms. The van der Waals surface area contributed by atoms with Gasteiger partial charge in [0.05, 0.1) is 6.61 Å². The quantitative estimate of drug-likeness (QED) is 0.655. The summed E-state index contributed by atoms with van der Waals surface area (Å²) in [5, 5.41) is 0. The third-order valence-electron chi connectivity index (χ3n) is 2.92. The summed E-state index contributed by atoms with van der Waals surface area (Å²) in [6.45, 7) is 9.20. The van der Waals surface area contributed by atoms with Gasteiger partial charge in [-0.2, -0.15) is 0 Å². The highest BCUT2D eigenvalue weighted by molar-refractivity contribution is 5.29. The summed E-state index contributed by atoms with van der Waals surface area (Å²) in [6, 6.07) is 8.31. The third-order valence-corrected chi connectivity index (χ3v) is 2.92. The molecule has 0 heterocycles. The van der Waals surface area contributed by atoms with Crippen LogP contribution in [0.25, 0.3) is 0 Å². The fourth-order valence-electron chi connectivity index (χ4n) is 1.62. The van der Waals surface area contributed by atoms with Crippen molar-refractivity contribution in [2.45, 2.75) is 52.7 Å². The van der Waals surface area contributed by atoms with Crippen LogP contribution < -0.4 is 4.74 Å². The Kier molecular flexibility index (Phi) is 6.06. The zero-order chi connectivity index (χ0) is 12.7. The van der Waals surface area contributed by atoms with Crippen LogP contribution in [-0.4, -0.2) is 12.9 Å². The SMILES string of the molecule is CCCOC(C)Oc1ccc(C(C)CC)cc1. The molecule has 0 fully saturated rings. The summed E-state index contributed by atoms with van der Waals surface area (Å²) in [5.74, 6) is 1.48. The Morgan fingerprint density at radius 3 is 2.24 bits per heavy atom. The minimum absolute atomic E-state index is 0.176. The van der Waals surface area contributed by atoms with Gasteiger partial charge in [-0.25, -0.2) is 0 Å². The molecule has 1 aromatic carbocycles. The maximum atomic E-state index is 5.66. The minimum atomic E-state index is -0.176. The molecule has 2 nitrogen and oxygen atoms in total. The molecular formula is C15H24O2. The zero-order valence-electron chi connectivity index (χ0n) is 11.4. The fourth-order valence-corrected chi connectivity index (χ4v) is 1.62. The van der Waals surface area contributed by atoms with Crippen LogP contribution in [0, 0.1) is 0 Å². The van der Waals surface area contributed by atoms with E-state index < -0.39 is 0 Å². The van der Waals surface area contributed by atoms with E-state index in [1.54, 1.807) is 0 Å². The first-order valence-electron chi connectivity index (χ1n) is 6.55. The van der Waals surface area contributed by atoms with E-state index in [1.807, 2.05) is 19.1 Å². The van der Waals surface area contributed by atoms with E-state index in [9.17, 15) is 0 Å². The maximum absolute atomic E-state index is 5.66. The van der Waals surface area contributed by atoms with Crippen molar-refractivity contribution in [3.8, 4) is 5.75 Å². The van der Waals surface area contributed by atoms with Gasteiger partial charge in [-0.05, 0) is 43.4 Å². The molecule has 0 spiro atoms. The van der Waals surface area contributed by atoms with Crippen molar-refractivity contribution in [1.29, 1.82) is 0 Å². The van der Waals surface area contributed by atoms with Crippen molar-refractivity contribution in [3.63, 3.8) is 0 Å². The van der Waals surface area contributed by atoms with Gasteiger partial charge in [-0.3, -0.25) is 0 Å². The Balaban J connectivity index is 2.50. The highest BCUT2D eigenvalue weighted by atomic mass is 16.7. The van der Waals surface area contributed by atoms with Crippen molar-refractivity contribution in [2.24, 2.45) is 0 Å². The van der Waals surface area contributed by atoms with Crippen LogP contribution in [0.3, 0.4) is 0 Å². The summed E-state index contributed by atoms with van der Waals surface area (Å²) in [6.07, 6.45) is 2.00. The first kappa shape index (κ1) is 14.0. The maximum Gasteiger partial charge on any atom is 0.196 e. The van der Waals surface area contributed by atoms with Gasteiger partial charge in [0, 0.05) is 0 Å². The van der Waals surface area contributed by atoms with Crippen LogP contribution in [0.4, 0.5) is 0 Å². The lowest BCUT2D eigenvalue weighted by atomic mass is 9.99. The molecule has 2 atom stereocenters. The van der Waals surface area contributed by atoms with Gasteiger partial charge in [0.15, 0.2) is 6.29 Å². The van der Waals surface area contributed by atoms with Crippen LogP contribution >= 0.6 is 0 Å². The van der Waals surface area contributed by atoms with Gasteiger partial charge in [0.1, 0.15) is 5.75 Å². The Bertz CT molecular complexity index is 305. The van der Waals surface area contributed by atoms with Crippen molar-refractivity contribution in [3.05, 3.63) is 29.8 Å². The van der Waals surface area contributed by atoms with Crippen molar-refractivity contribution in [2.75, 3.05) is 6.61 Å². The Morgan fingerprint density at radius 1 is 1.06 bits per heavy atom. The van der Waals surface area contributed by atoms with Gasteiger partial charge < -0.3 is 9.47 Å². The molecule has 0 aliphatic carbocycles. The van der Waals surface area contributed by atoms with Crippen molar-refractivity contribution in [1.82, 2.24) is 0 Å². The second-order valence-electron chi connectivity index (χ2n) is 4.43. The average molecular weight is 236 g/mol. The molecule has 96 valence electrons. The lowest BCUT2D eigenvalue weighted by Crippen LogP contribution is -2.16. The fraction of sp³-hybridized carbons (Fsp3) is 0.600. The van der Waals surface area contributed by atoms with Gasteiger partial charge in [0.25, 0.3) is 0 Å². The monoisotopic (exact) mass is 236 g/mol. The molecule has 0 radical (unpaired) electrons. The first-order chi connectivity index (χ1) is 8.17. The molecule has 0 bridgehead atoms. The normalized spacial score (nSPS) is 14.4. The Labute approximate surface area is 105 Å². The topological polar surface area (TPSA) is 18.5 Å². The van der Waals surface area contributed by atoms with E-state index in [4.69, 9.17) is 9.47 Å². The van der Waals surface area contributed by atoms with Crippen LogP contribution in [0.1, 0.15) is 52.0 Å². The van der Waals surface area contributed by atoms with E-state index in [0.717, 1.165) is 25.2 Å². The number of hydrogen-bond acceptors (Lipinski definition) is 2. The molecule has 17 heavy (non-hydrogen) atoms. The summed E-state index contributed by atoms with van der Waals surface area (Å²) in [7, 11) is 0. The van der Waals surface area contributed by atoms with Gasteiger partial charge in [0.2, 0.25) is 0 Å². The summed E-state index contributed by atoms with van der Waals surface area (Å²) < 4.78 is 11.1. The molecule has 0 saturated heterocycles. The highest BCUT2D eigenvalue weighted by Gasteiger charge is 2.05. The van der Waals surface area contributed by atoms with Crippen LogP contribution in [0.5, 0.6) is 5.75 Å². The van der Waals surface area contributed by atoms with E-state index >= 15 is 0 Å². The molecular weight excluding hydrogens is 212 g/mol. The van der Waals surface area contributed by atoms with Gasteiger partial charge in [-0.1, -0.05) is 32.9 Å². The van der Waals surface area contributed by atoms with E-state index in [-0.39, 0.29) is 6.29 Å². The second kappa shape index (κ2) is 7.33. The Morgan fingerprint density at radius 2 is 1.71 bits per heavy atom. The minimum Gasteiger partial charge on any atom is -0.465 e. The lowest BCUT2D eigenvalue weighted by molar-refractivity contribution is -0.0663. The zero-order valence-corrected chi connectivity index (χ0v) is 11.4. The lowest BCUT2D eigenvalue weighted by Gasteiger charge is -2.16. The van der Waals surface area contributed by atoms with Crippen LogP contribution in [0.15, 0.2) is 24.3 Å². The molecule has 0 aliphatic rings. The van der Waals surface area contributed by atoms with Gasteiger partial charge >= 0.3 is 0 Å². The molecule has 2 unspecified atom stereocenters. The summed E-state index contributed by atoms with van der Waals surface area (Å²) in [4.78, 5) is 0. The molecule has 0 N–H and O–H groups in total. The number of rotatable bonds is 7. The van der Waals surface area contributed by atoms with Crippen LogP contribution in [0.2, 0.25) is 0 Å². The smallest absolute Gasteiger partial charge is 0.196 e. The third kappa shape index (κ3) is 4.78. The number of ether oxygens (including phenoxy) is 2. The summed E-state index contributed by atoms with van der Waals surface area (Å²) >= 11 is 0. The molecule has 0 aromatic heterocycles. The van der Waals surface area contributed by atoms with Crippen molar-refractivity contribution >= 4 is 0 Å². The molecule has 1 rings (SSSR count). The second-order valence-corrected chi connectivity index (χ2v) is 4.43. The van der Waals surface area contributed by atoms with E-state index in [1.165, 1.54) is 5.56 Å². The molecule has 0 saturated carbocycles. The first-order valence-corrected chi connectivity index (χ1v) is 6.55. The Hall–Kier alpha value is -1.02. The molecule has 0 aliphatic heterocycles. The molecule has 0 amide bonds. The largest absolute Gasteiger partial charge is 0.465 e. The number of hydrogen-bond donors (Lipinski definition) is 0. The van der Waals surface area contributed by atoms with E-state index in [2.05, 4.69) is 32.9 Å². The van der Waals surface area contributed by atoms with Crippen molar-refractivity contribution < 1.29 is 9.47 Å². The van der Waals surface area contributed by atoms with Gasteiger partial charge in [-0.15, -0.1) is 0 Å². The van der Waals surface area contributed by atoms with E-state index in [0.29, 0.717) is 5.92 Å². The number of benzene rings is 1. The average Bonchev–Trinajstić information content (AvgIpc) is 2.36. The van der Waals surface area contributed by atoms with Crippen LogP contribution in [-0.2, 0) is 4.74 Å². The summed E-state index contributed by atoms with van der Waals surface area (Å²) in [5.41, 5.74) is 1.36. The highest BCUT2D eigenvalue weighted by Crippen LogP contribution is 2.22. The predicted octanol–water partition coefficient (Wildman–Crippen LogP) is 4.35. The standard InChI is InChI=1S/C15H24O2/c1-5-11-16-13(4)17-15-9-7-14(8-10-15)12(3)6-2/h7-10,12-13H,5-6,11H2,1-4H3.